The van der Waals surface area contributed by atoms with Crippen LogP contribution in [0.15, 0.2) is 5.38 Å². The summed E-state index contributed by atoms with van der Waals surface area (Å²) in [4.78, 5) is 4.56. The molecule has 96 valence electrons. The zero-order valence-electron chi connectivity index (χ0n) is 11.4. The first kappa shape index (κ1) is 13.0. The molecule has 0 bridgehead atoms. The van der Waals surface area contributed by atoms with Crippen molar-refractivity contribution >= 4 is 11.3 Å². The molecule has 2 rings (SSSR count). The van der Waals surface area contributed by atoms with Gasteiger partial charge >= 0.3 is 0 Å². The number of hydrogen-bond acceptors (Lipinski definition) is 3. The minimum atomic E-state index is 0.395. The topological polar surface area (TPSA) is 24.9 Å². The van der Waals surface area contributed by atoms with Gasteiger partial charge in [-0.15, -0.1) is 11.3 Å². The van der Waals surface area contributed by atoms with E-state index in [1.54, 1.807) is 11.3 Å². The first-order valence-corrected chi connectivity index (χ1v) is 7.52. The van der Waals surface area contributed by atoms with Gasteiger partial charge in [-0.3, -0.25) is 0 Å². The molecule has 17 heavy (non-hydrogen) atoms. The number of aryl methyl sites for hydroxylation is 1. The van der Waals surface area contributed by atoms with Crippen molar-refractivity contribution in [2.45, 2.75) is 65.5 Å². The van der Waals surface area contributed by atoms with E-state index >= 15 is 0 Å². The summed E-state index contributed by atoms with van der Waals surface area (Å²) in [6.45, 7) is 9.07. The van der Waals surface area contributed by atoms with E-state index in [1.165, 1.54) is 36.4 Å². The maximum Gasteiger partial charge on any atom is 0.0898 e. The molecule has 1 aliphatic carbocycles. The SMILES string of the molecule is Cc1nc(C(C)NC2CCC(C)(C)CC2)cs1. The van der Waals surface area contributed by atoms with Crippen molar-refractivity contribution in [3.05, 3.63) is 16.1 Å². The summed E-state index contributed by atoms with van der Waals surface area (Å²) in [5, 5.41) is 7.08. The molecular weight excluding hydrogens is 228 g/mol. The molecule has 0 radical (unpaired) electrons. The van der Waals surface area contributed by atoms with Crippen LogP contribution in [0.1, 0.15) is 63.2 Å². The third-order valence-corrected chi connectivity index (χ3v) is 4.70. The Labute approximate surface area is 109 Å². The van der Waals surface area contributed by atoms with Gasteiger partial charge in [0.15, 0.2) is 0 Å². The highest BCUT2D eigenvalue weighted by molar-refractivity contribution is 7.09. The molecule has 2 nitrogen and oxygen atoms in total. The van der Waals surface area contributed by atoms with Gasteiger partial charge in [-0.25, -0.2) is 4.98 Å². The third kappa shape index (κ3) is 3.52. The van der Waals surface area contributed by atoms with Crippen LogP contribution in [0.2, 0.25) is 0 Å². The van der Waals surface area contributed by atoms with Crippen molar-refractivity contribution in [3.63, 3.8) is 0 Å². The van der Waals surface area contributed by atoms with E-state index in [9.17, 15) is 0 Å². The fraction of sp³-hybridized carbons (Fsp3) is 0.786. The van der Waals surface area contributed by atoms with Crippen LogP contribution in [0, 0.1) is 12.3 Å². The molecule has 1 aromatic rings. The van der Waals surface area contributed by atoms with Crippen molar-refractivity contribution in [1.29, 1.82) is 0 Å². The first-order chi connectivity index (χ1) is 7.96. The number of hydrogen-bond donors (Lipinski definition) is 1. The van der Waals surface area contributed by atoms with Crippen LogP contribution >= 0.6 is 11.3 Å². The Morgan fingerprint density at radius 2 is 2.06 bits per heavy atom. The van der Waals surface area contributed by atoms with Gasteiger partial charge in [-0.2, -0.15) is 0 Å². The highest BCUT2D eigenvalue weighted by atomic mass is 32.1. The van der Waals surface area contributed by atoms with Gasteiger partial charge in [0, 0.05) is 17.5 Å². The van der Waals surface area contributed by atoms with Crippen molar-refractivity contribution < 1.29 is 0 Å². The quantitative estimate of drug-likeness (QED) is 0.877. The van der Waals surface area contributed by atoms with Crippen molar-refractivity contribution in [3.8, 4) is 0 Å². The minimum Gasteiger partial charge on any atom is -0.306 e. The molecule has 1 N–H and O–H groups in total. The van der Waals surface area contributed by atoms with Crippen LogP contribution in [-0.4, -0.2) is 11.0 Å². The summed E-state index contributed by atoms with van der Waals surface area (Å²) in [5.74, 6) is 0. The second-order valence-corrected chi connectivity index (χ2v) is 7.18. The third-order valence-electron chi connectivity index (χ3n) is 3.91. The van der Waals surface area contributed by atoms with Crippen molar-refractivity contribution in [2.75, 3.05) is 0 Å². The Bertz CT molecular complexity index is 360. The van der Waals surface area contributed by atoms with Gasteiger partial charge in [-0.1, -0.05) is 13.8 Å². The average molecular weight is 252 g/mol. The van der Waals surface area contributed by atoms with E-state index in [2.05, 4.69) is 43.4 Å². The van der Waals surface area contributed by atoms with Gasteiger partial charge < -0.3 is 5.32 Å². The Hall–Kier alpha value is -0.410. The van der Waals surface area contributed by atoms with E-state index < -0.39 is 0 Å². The van der Waals surface area contributed by atoms with Gasteiger partial charge in [0.25, 0.3) is 0 Å². The van der Waals surface area contributed by atoms with Gasteiger partial charge in [0.1, 0.15) is 0 Å². The van der Waals surface area contributed by atoms with Crippen LogP contribution in [-0.2, 0) is 0 Å². The maximum absolute atomic E-state index is 4.56. The van der Waals surface area contributed by atoms with Gasteiger partial charge in [0.05, 0.1) is 10.7 Å². The van der Waals surface area contributed by atoms with E-state index in [1.807, 2.05) is 0 Å². The van der Waals surface area contributed by atoms with Crippen molar-refractivity contribution in [1.82, 2.24) is 10.3 Å². The second-order valence-electron chi connectivity index (χ2n) is 6.12. The Morgan fingerprint density at radius 1 is 1.41 bits per heavy atom. The summed E-state index contributed by atoms with van der Waals surface area (Å²) in [7, 11) is 0. The molecule has 1 unspecified atom stereocenters. The van der Waals surface area contributed by atoms with Crippen LogP contribution in [0.3, 0.4) is 0 Å². The summed E-state index contributed by atoms with van der Waals surface area (Å²) >= 11 is 1.74. The zero-order chi connectivity index (χ0) is 12.5. The van der Waals surface area contributed by atoms with E-state index in [0.717, 1.165) is 0 Å². The molecule has 1 fully saturated rings. The fourth-order valence-corrected chi connectivity index (χ4v) is 3.29. The number of thiazole rings is 1. The lowest BCUT2D eigenvalue weighted by Gasteiger charge is -2.35. The van der Waals surface area contributed by atoms with Crippen molar-refractivity contribution in [2.24, 2.45) is 5.41 Å². The summed E-state index contributed by atoms with van der Waals surface area (Å²) in [5.41, 5.74) is 1.76. The molecule has 1 heterocycles. The molecule has 0 amide bonds. The standard InChI is InChI=1S/C14H24N2S/c1-10(13-9-17-11(2)16-13)15-12-5-7-14(3,4)8-6-12/h9-10,12,15H,5-8H2,1-4H3. The number of aromatic nitrogens is 1. The smallest absolute Gasteiger partial charge is 0.0898 e. The fourth-order valence-electron chi connectivity index (χ4n) is 2.58. The number of rotatable bonds is 3. The van der Waals surface area contributed by atoms with E-state index in [-0.39, 0.29) is 0 Å². The highest BCUT2D eigenvalue weighted by Crippen LogP contribution is 2.35. The molecular formula is C14H24N2S. The van der Waals surface area contributed by atoms with Crippen LogP contribution in [0.4, 0.5) is 0 Å². The first-order valence-electron chi connectivity index (χ1n) is 6.64. The summed E-state index contributed by atoms with van der Waals surface area (Å²) < 4.78 is 0. The Morgan fingerprint density at radius 3 is 2.59 bits per heavy atom. The van der Waals surface area contributed by atoms with Gasteiger partial charge in [-0.05, 0) is 44.9 Å². The molecule has 1 aliphatic rings. The minimum absolute atomic E-state index is 0.395. The number of nitrogens with one attached hydrogen (secondary N) is 1. The monoisotopic (exact) mass is 252 g/mol. The highest BCUT2D eigenvalue weighted by Gasteiger charge is 2.27. The van der Waals surface area contributed by atoms with Crippen LogP contribution in [0.5, 0.6) is 0 Å². The molecule has 0 aromatic carbocycles. The Balaban J connectivity index is 1.86. The molecule has 0 saturated heterocycles. The summed E-state index contributed by atoms with van der Waals surface area (Å²) in [6.07, 6.45) is 5.29. The lowest BCUT2D eigenvalue weighted by Crippen LogP contribution is -2.37. The van der Waals surface area contributed by atoms with Gasteiger partial charge in [0.2, 0.25) is 0 Å². The van der Waals surface area contributed by atoms with E-state index in [0.29, 0.717) is 17.5 Å². The lowest BCUT2D eigenvalue weighted by molar-refractivity contribution is 0.199. The predicted octanol–water partition coefficient (Wildman–Crippen LogP) is 4.07. The largest absolute Gasteiger partial charge is 0.306 e. The normalized spacial score (nSPS) is 22.6. The molecule has 0 aliphatic heterocycles. The van der Waals surface area contributed by atoms with E-state index in [4.69, 9.17) is 0 Å². The van der Waals surface area contributed by atoms with Crippen LogP contribution in [0.25, 0.3) is 0 Å². The van der Waals surface area contributed by atoms with Crippen LogP contribution < -0.4 is 5.32 Å². The molecule has 0 spiro atoms. The molecule has 3 heteroatoms. The lowest BCUT2D eigenvalue weighted by atomic mass is 9.75. The molecule has 1 aromatic heterocycles. The maximum atomic E-state index is 4.56. The second kappa shape index (κ2) is 5.07. The summed E-state index contributed by atoms with van der Waals surface area (Å²) in [6, 6.07) is 1.08. The molecule has 1 atom stereocenters. The number of nitrogens with zero attached hydrogens (tertiary/aromatic N) is 1. The Kier molecular flexibility index (Phi) is 3.88. The predicted molar refractivity (Wildman–Crippen MR) is 74.4 cm³/mol. The molecule has 1 saturated carbocycles. The zero-order valence-corrected chi connectivity index (χ0v) is 12.2. The average Bonchev–Trinajstić information content (AvgIpc) is 2.68.